The number of hydrogen-bond acceptors (Lipinski definition) is 2. The van der Waals surface area contributed by atoms with Crippen LogP contribution in [-0.2, 0) is 11.2 Å². The Hall–Kier alpha value is -2.69. The van der Waals surface area contributed by atoms with Gasteiger partial charge in [-0.05, 0) is 30.7 Å². The Morgan fingerprint density at radius 2 is 2.05 bits per heavy atom. The van der Waals surface area contributed by atoms with Gasteiger partial charge in [-0.25, -0.2) is 9.37 Å². The minimum atomic E-state index is -0.337. The molecule has 0 bridgehead atoms. The second-order valence-corrected chi connectivity index (χ2v) is 4.88. The minimum Gasteiger partial charge on any atom is -0.326 e. The zero-order valence-electron chi connectivity index (χ0n) is 11.5. The number of aryl methyl sites for hydroxylation is 1. The van der Waals surface area contributed by atoms with Crippen LogP contribution in [0.2, 0.25) is 0 Å². The molecule has 21 heavy (non-hydrogen) atoms. The van der Waals surface area contributed by atoms with Crippen LogP contribution in [-0.4, -0.2) is 15.3 Å². The molecule has 5 heteroatoms. The molecule has 0 spiro atoms. The molecule has 0 radical (unpaired) electrons. The number of rotatable bonds is 3. The van der Waals surface area contributed by atoms with Crippen LogP contribution in [0.25, 0.3) is 5.65 Å². The summed E-state index contributed by atoms with van der Waals surface area (Å²) in [4.78, 5) is 16.3. The van der Waals surface area contributed by atoms with E-state index in [0.29, 0.717) is 11.3 Å². The summed E-state index contributed by atoms with van der Waals surface area (Å²) < 4.78 is 14.7. The SMILES string of the molecule is Cc1ccccc1NC(=O)Cc1cn2cc(F)ccc2n1. The molecule has 1 N–H and O–H groups in total. The Bertz CT molecular complexity index is 810. The Morgan fingerprint density at radius 1 is 1.24 bits per heavy atom. The molecule has 2 aromatic heterocycles. The molecule has 0 fully saturated rings. The van der Waals surface area contributed by atoms with E-state index in [9.17, 15) is 9.18 Å². The van der Waals surface area contributed by atoms with E-state index in [1.54, 1.807) is 16.7 Å². The quantitative estimate of drug-likeness (QED) is 0.803. The van der Waals surface area contributed by atoms with Crippen molar-refractivity contribution >= 4 is 17.2 Å². The molecule has 0 aliphatic carbocycles. The van der Waals surface area contributed by atoms with Crippen molar-refractivity contribution in [3.8, 4) is 0 Å². The zero-order valence-corrected chi connectivity index (χ0v) is 11.5. The number of benzene rings is 1. The van der Waals surface area contributed by atoms with Crippen molar-refractivity contribution in [2.75, 3.05) is 5.32 Å². The summed E-state index contributed by atoms with van der Waals surface area (Å²) in [5.41, 5.74) is 3.02. The van der Waals surface area contributed by atoms with Gasteiger partial charge in [0.15, 0.2) is 0 Å². The van der Waals surface area contributed by atoms with E-state index in [2.05, 4.69) is 10.3 Å². The number of carbonyl (C=O) groups excluding carboxylic acids is 1. The first kappa shape index (κ1) is 13.3. The summed E-state index contributed by atoms with van der Waals surface area (Å²) in [6.07, 6.45) is 3.15. The van der Waals surface area contributed by atoms with Crippen molar-refractivity contribution < 1.29 is 9.18 Å². The molecular weight excluding hydrogens is 269 g/mol. The second-order valence-electron chi connectivity index (χ2n) is 4.88. The van der Waals surface area contributed by atoms with Gasteiger partial charge in [0.2, 0.25) is 5.91 Å². The second kappa shape index (κ2) is 5.36. The van der Waals surface area contributed by atoms with Gasteiger partial charge < -0.3 is 9.72 Å². The van der Waals surface area contributed by atoms with Crippen molar-refractivity contribution in [3.05, 3.63) is 65.9 Å². The van der Waals surface area contributed by atoms with Gasteiger partial charge in [-0.1, -0.05) is 18.2 Å². The molecule has 0 saturated heterocycles. The number of nitrogens with zero attached hydrogens (tertiary/aromatic N) is 2. The van der Waals surface area contributed by atoms with Gasteiger partial charge in [-0.3, -0.25) is 4.79 Å². The predicted molar refractivity (Wildman–Crippen MR) is 78.7 cm³/mol. The molecule has 0 aliphatic rings. The van der Waals surface area contributed by atoms with Crippen LogP contribution < -0.4 is 5.32 Å². The molecule has 1 aromatic carbocycles. The van der Waals surface area contributed by atoms with Gasteiger partial charge in [-0.2, -0.15) is 0 Å². The standard InChI is InChI=1S/C16H14FN3O/c1-11-4-2-3-5-14(11)19-16(21)8-13-10-20-9-12(17)6-7-15(20)18-13/h2-7,9-10H,8H2,1H3,(H,19,21). The average Bonchev–Trinajstić information content (AvgIpc) is 2.82. The third-order valence-electron chi connectivity index (χ3n) is 3.23. The molecule has 0 aliphatic heterocycles. The highest BCUT2D eigenvalue weighted by molar-refractivity contribution is 5.92. The summed E-state index contributed by atoms with van der Waals surface area (Å²) in [6, 6.07) is 10.5. The Balaban J connectivity index is 1.75. The number of pyridine rings is 1. The van der Waals surface area contributed by atoms with Crippen molar-refractivity contribution in [1.82, 2.24) is 9.38 Å². The molecule has 3 rings (SSSR count). The number of fused-ring (bicyclic) bond motifs is 1. The largest absolute Gasteiger partial charge is 0.326 e. The number of amides is 1. The summed E-state index contributed by atoms with van der Waals surface area (Å²) in [5.74, 6) is -0.482. The van der Waals surface area contributed by atoms with E-state index >= 15 is 0 Å². The average molecular weight is 283 g/mol. The van der Waals surface area contributed by atoms with Gasteiger partial charge in [-0.15, -0.1) is 0 Å². The number of carbonyl (C=O) groups is 1. The van der Waals surface area contributed by atoms with Gasteiger partial charge in [0.1, 0.15) is 11.5 Å². The van der Waals surface area contributed by atoms with Crippen LogP contribution >= 0.6 is 0 Å². The van der Waals surface area contributed by atoms with Gasteiger partial charge in [0, 0.05) is 18.1 Å². The molecule has 4 nitrogen and oxygen atoms in total. The highest BCUT2D eigenvalue weighted by Crippen LogP contribution is 2.14. The van der Waals surface area contributed by atoms with E-state index in [1.807, 2.05) is 31.2 Å². The van der Waals surface area contributed by atoms with Crippen molar-refractivity contribution in [2.45, 2.75) is 13.3 Å². The monoisotopic (exact) mass is 283 g/mol. The number of para-hydroxylation sites is 1. The third-order valence-corrected chi connectivity index (χ3v) is 3.23. The first-order valence-corrected chi connectivity index (χ1v) is 6.60. The summed E-state index contributed by atoms with van der Waals surface area (Å²) in [5, 5.41) is 2.85. The fourth-order valence-corrected chi connectivity index (χ4v) is 2.17. The lowest BCUT2D eigenvalue weighted by molar-refractivity contribution is -0.115. The fraction of sp³-hybridized carbons (Fsp3) is 0.125. The molecule has 0 saturated carbocycles. The topological polar surface area (TPSA) is 46.4 Å². The number of aromatic nitrogens is 2. The van der Waals surface area contributed by atoms with Crippen LogP contribution in [0, 0.1) is 12.7 Å². The summed E-state index contributed by atoms with van der Waals surface area (Å²) in [6.45, 7) is 1.93. The van der Waals surface area contributed by atoms with Gasteiger partial charge in [0.25, 0.3) is 0 Å². The van der Waals surface area contributed by atoms with Crippen molar-refractivity contribution in [1.29, 1.82) is 0 Å². The van der Waals surface area contributed by atoms with Gasteiger partial charge in [0.05, 0.1) is 12.1 Å². The Kier molecular flexibility index (Phi) is 3.39. The predicted octanol–water partition coefficient (Wildman–Crippen LogP) is 2.96. The van der Waals surface area contributed by atoms with Crippen LogP contribution in [0.4, 0.5) is 10.1 Å². The third kappa shape index (κ3) is 2.91. The lowest BCUT2D eigenvalue weighted by Gasteiger charge is -2.06. The van der Waals surface area contributed by atoms with Gasteiger partial charge >= 0.3 is 0 Å². The molecule has 1 amide bonds. The van der Waals surface area contributed by atoms with E-state index in [0.717, 1.165) is 11.3 Å². The molecule has 2 heterocycles. The van der Waals surface area contributed by atoms with Crippen molar-refractivity contribution in [2.24, 2.45) is 0 Å². The van der Waals surface area contributed by atoms with Crippen LogP contribution in [0.3, 0.4) is 0 Å². The number of anilines is 1. The highest BCUT2D eigenvalue weighted by atomic mass is 19.1. The first-order valence-electron chi connectivity index (χ1n) is 6.60. The lowest BCUT2D eigenvalue weighted by Crippen LogP contribution is -2.15. The molecule has 0 atom stereocenters. The zero-order chi connectivity index (χ0) is 14.8. The molecule has 3 aromatic rings. The Morgan fingerprint density at radius 3 is 2.86 bits per heavy atom. The minimum absolute atomic E-state index is 0.145. The number of hydrogen-bond donors (Lipinski definition) is 1. The maximum atomic E-state index is 13.1. The first-order chi connectivity index (χ1) is 10.1. The normalized spacial score (nSPS) is 10.8. The number of nitrogens with one attached hydrogen (secondary N) is 1. The maximum Gasteiger partial charge on any atom is 0.230 e. The number of imidazole rings is 1. The van der Waals surface area contributed by atoms with Crippen LogP contribution in [0.1, 0.15) is 11.3 Å². The molecule has 106 valence electrons. The highest BCUT2D eigenvalue weighted by Gasteiger charge is 2.09. The summed E-state index contributed by atoms with van der Waals surface area (Å²) in [7, 11) is 0. The number of halogens is 1. The van der Waals surface area contributed by atoms with E-state index in [1.165, 1.54) is 12.3 Å². The molecular formula is C16H14FN3O. The Labute approximate surface area is 121 Å². The van der Waals surface area contributed by atoms with E-state index in [4.69, 9.17) is 0 Å². The van der Waals surface area contributed by atoms with Crippen LogP contribution in [0.15, 0.2) is 48.8 Å². The molecule has 0 unspecified atom stereocenters. The maximum absolute atomic E-state index is 13.1. The van der Waals surface area contributed by atoms with Crippen LogP contribution in [0.5, 0.6) is 0 Å². The summed E-state index contributed by atoms with van der Waals surface area (Å²) >= 11 is 0. The fourth-order valence-electron chi connectivity index (χ4n) is 2.17. The van der Waals surface area contributed by atoms with E-state index in [-0.39, 0.29) is 18.1 Å². The van der Waals surface area contributed by atoms with E-state index < -0.39 is 0 Å². The lowest BCUT2D eigenvalue weighted by atomic mass is 10.2. The smallest absolute Gasteiger partial charge is 0.230 e. The van der Waals surface area contributed by atoms with Crippen molar-refractivity contribution in [3.63, 3.8) is 0 Å².